The highest BCUT2D eigenvalue weighted by Gasteiger charge is 2.19. The first-order valence-electron chi connectivity index (χ1n) is 10.4. The standard InChI is InChI=1S/C24H19N7O2S/c25-21(32)20-23(30-22(33)16-7-5-14(6-8-16)11-19-26-13-27-31-19)34-24(29-20)28-18-10-9-15-3-1-2-4-17(15)12-18/h1-10,12H,11,13H2,(H2,25,32)(H,28,29)(H,30,33). The molecular weight excluding hydrogens is 450 g/mol. The number of nitrogens with zero attached hydrogens (tertiary/aromatic N) is 4. The molecule has 4 aromatic rings. The maximum absolute atomic E-state index is 12.8. The van der Waals surface area contributed by atoms with Gasteiger partial charge in [-0.15, -0.1) is 5.11 Å². The van der Waals surface area contributed by atoms with Crippen LogP contribution in [0.1, 0.15) is 26.4 Å². The number of benzene rings is 3. The molecule has 168 valence electrons. The Morgan fingerprint density at radius 1 is 1.00 bits per heavy atom. The van der Waals surface area contributed by atoms with Crippen molar-refractivity contribution in [3.63, 3.8) is 0 Å². The van der Waals surface area contributed by atoms with E-state index in [2.05, 4.69) is 30.8 Å². The summed E-state index contributed by atoms with van der Waals surface area (Å²) in [4.78, 5) is 33.2. The fraction of sp³-hybridized carbons (Fsp3) is 0.0833. The molecule has 0 fully saturated rings. The molecule has 1 aliphatic heterocycles. The normalized spacial score (nSPS) is 12.5. The molecule has 0 saturated carbocycles. The zero-order chi connectivity index (χ0) is 23.5. The summed E-state index contributed by atoms with van der Waals surface area (Å²) in [6.07, 6.45) is 0.551. The number of hydrogen-bond donors (Lipinski definition) is 3. The lowest BCUT2D eigenvalue weighted by Gasteiger charge is -2.05. The molecule has 10 heteroatoms. The number of nitrogens with one attached hydrogen (secondary N) is 2. The Bertz CT molecular complexity index is 1460. The van der Waals surface area contributed by atoms with Gasteiger partial charge in [0.05, 0.1) is 0 Å². The summed E-state index contributed by atoms with van der Waals surface area (Å²) in [6, 6.07) is 21.0. The molecule has 1 aromatic heterocycles. The van der Waals surface area contributed by atoms with Gasteiger partial charge in [-0.3, -0.25) is 9.59 Å². The molecular formula is C24H19N7O2S. The monoisotopic (exact) mass is 469 g/mol. The van der Waals surface area contributed by atoms with Crippen molar-refractivity contribution in [3.05, 3.63) is 83.6 Å². The smallest absolute Gasteiger partial charge is 0.270 e. The van der Waals surface area contributed by atoms with E-state index in [-0.39, 0.29) is 16.6 Å². The topological polar surface area (TPSA) is 134 Å². The van der Waals surface area contributed by atoms with Crippen molar-refractivity contribution in [2.45, 2.75) is 6.42 Å². The van der Waals surface area contributed by atoms with E-state index >= 15 is 0 Å². The van der Waals surface area contributed by atoms with E-state index in [4.69, 9.17) is 5.73 Å². The third-order valence-corrected chi connectivity index (χ3v) is 6.06. The average molecular weight is 470 g/mol. The number of anilines is 3. The van der Waals surface area contributed by atoms with Crippen LogP contribution in [0, 0.1) is 0 Å². The van der Waals surface area contributed by atoms with Crippen LogP contribution in [-0.2, 0) is 6.42 Å². The SMILES string of the molecule is NC(=O)c1nc(Nc2ccc3ccccc3c2)sc1NC(=O)c1ccc(CC2=NCN=N2)cc1. The minimum absolute atomic E-state index is 0.00265. The van der Waals surface area contributed by atoms with Crippen molar-refractivity contribution in [3.8, 4) is 0 Å². The number of aromatic nitrogens is 1. The Balaban J connectivity index is 1.32. The third-order valence-electron chi connectivity index (χ3n) is 5.17. The van der Waals surface area contributed by atoms with Crippen LogP contribution in [-0.4, -0.2) is 29.3 Å². The number of primary amides is 1. The zero-order valence-corrected chi connectivity index (χ0v) is 18.7. The molecule has 2 heterocycles. The van der Waals surface area contributed by atoms with E-state index in [1.165, 1.54) is 0 Å². The van der Waals surface area contributed by atoms with Gasteiger partial charge in [-0.05, 0) is 40.6 Å². The van der Waals surface area contributed by atoms with Gasteiger partial charge in [0.15, 0.2) is 23.3 Å². The van der Waals surface area contributed by atoms with E-state index < -0.39 is 5.91 Å². The molecule has 0 aliphatic carbocycles. The van der Waals surface area contributed by atoms with Crippen LogP contribution >= 0.6 is 11.3 Å². The quantitative estimate of drug-likeness (QED) is 0.360. The Morgan fingerprint density at radius 2 is 1.79 bits per heavy atom. The maximum Gasteiger partial charge on any atom is 0.270 e. The van der Waals surface area contributed by atoms with E-state index in [0.29, 0.717) is 29.6 Å². The number of fused-ring (bicyclic) bond motifs is 1. The molecule has 9 nitrogen and oxygen atoms in total. The van der Waals surface area contributed by atoms with Crippen molar-refractivity contribution in [1.29, 1.82) is 0 Å². The van der Waals surface area contributed by atoms with Crippen LogP contribution in [0.5, 0.6) is 0 Å². The Hall–Kier alpha value is -4.44. The number of carbonyl (C=O) groups excluding carboxylic acids is 2. The van der Waals surface area contributed by atoms with Gasteiger partial charge in [-0.1, -0.05) is 53.8 Å². The first kappa shape index (κ1) is 21.4. The molecule has 5 rings (SSSR count). The minimum atomic E-state index is -0.722. The molecule has 1 aliphatic rings. The molecule has 0 saturated heterocycles. The predicted octanol–water partition coefficient (Wildman–Crippen LogP) is 4.76. The average Bonchev–Trinajstić information content (AvgIpc) is 3.49. The second kappa shape index (κ2) is 9.20. The van der Waals surface area contributed by atoms with E-state index in [1.807, 2.05) is 54.6 Å². The summed E-state index contributed by atoms with van der Waals surface area (Å²) < 4.78 is 0. The van der Waals surface area contributed by atoms with Crippen LogP contribution < -0.4 is 16.4 Å². The largest absolute Gasteiger partial charge is 0.364 e. The summed E-state index contributed by atoms with van der Waals surface area (Å²) in [5, 5.41) is 16.6. The van der Waals surface area contributed by atoms with Gasteiger partial charge in [-0.2, -0.15) is 5.11 Å². The van der Waals surface area contributed by atoms with Crippen molar-refractivity contribution >= 4 is 55.6 Å². The summed E-state index contributed by atoms with van der Waals surface area (Å²) in [6.45, 7) is 0.366. The number of azo groups is 1. The molecule has 0 unspecified atom stereocenters. The number of carbonyl (C=O) groups is 2. The molecule has 2 amide bonds. The molecule has 0 atom stereocenters. The highest BCUT2D eigenvalue weighted by Crippen LogP contribution is 2.32. The maximum atomic E-state index is 12.8. The Morgan fingerprint density at radius 3 is 2.53 bits per heavy atom. The fourth-order valence-corrected chi connectivity index (χ4v) is 4.38. The molecule has 0 radical (unpaired) electrons. The van der Waals surface area contributed by atoms with Crippen molar-refractivity contribution < 1.29 is 9.59 Å². The van der Waals surface area contributed by atoms with E-state index in [9.17, 15) is 9.59 Å². The number of hydrogen-bond acceptors (Lipinski definition) is 8. The summed E-state index contributed by atoms with van der Waals surface area (Å²) >= 11 is 1.14. The minimum Gasteiger partial charge on any atom is -0.364 e. The molecule has 4 N–H and O–H groups in total. The van der Waals surface area contributed by atoms with E-state index in [1.54, 1.807) is 12.1 Å². The number of amides is 2. The van der Waals surface area contributed by atoms with Crippen LogP contribution in [0.2, 0.25) is 0 Å². The second-order valence-electron chi connectivity index (χ2n) is 7.53. The highest BCUT2D eigenvalue weighted by atomic mass is 32.1. The molecule has 0 spiro atoms. The Labute approximate surface area is 198 Å². The van der Waals surface area contributed by atoms with Gasteiger partial charge < -0.3 is 16.4 Å². The third kappa shape index (κ3) is 4.66. The molecule has 3 aromatic carbocycles. The lowest BCUT2D eigenvalue weighted by molar-refractivity contribution is 0.0997. The van der Waals surface area contributed by atoms with Gasteiger partial charge in [0.25, 0.3) is 11.8 Å². The predicted molar refractivity (Wildman–Crippen MR) is 133 cm³/mol. The summed E-state index contributed by atoms with van der Waals surface area (Å²) in [5.74, 6) is -0.424. The van der Waals surface area contributed by atoms with Crippen LogP contribution in [0.15, 0.2) is 82.0 Å². The van der Waals surface area contributed by atoms with Gasteiger partial charge in [0.2, 0.25) is 0 Å². The number of amidine groups is 1. The summed E-state index contributed by atoms with van der Waals surface area (Å²) in [5.41, 5.74) is 7.72. The first-order chi connectivity index (χ1) is 16.5. The first-order valence-corrected chi connectivity index (χ1v) is 11.2. The number of thiazole rings is 1. The zero-order valence-electron chi connectivity index (χ0n) is 17.9. The highest BCUT2D eigenvalue weighted by molar-refractivity contribution is 7.20. The lowest BCUT2D eigenvalue weighted by atomic mass is 10.1. The van der Waals surface area contributed by atoms with Crippen molar-refractivity contribution in [2.24, 2.45) is 21.0 Å². The number of aliphatic imine (C=N–C) groups is 1. The van der Waals surface area contributed by atoms with Crippen molar-refractivity contribution in [2.75, 3.05) is 17.3 Å². The van der Waals surface area contributed by atoms with Gasteiger partial charge in [0.1, 0.15) is 5.00 Å². The lowest BCUT2D eigenvalue weighted by Crippen LogP contribution is -2.17. The molecule has 34 heavy (non-hydrogen) atoms. The second-order valence-corrected chi connectivity index (χ2v) is 8.53. The van der Waals surface area contributed by atoms with E-state index in [0.717, 1.165) is 33.4 Å². The Kier molecular flexibility index (Phi) is 5.79. The van der Waals surface area contributed by atoms with Crippen LogP contribution in [0.4, 0.5) is 15.8 Å². The fourth-order valence-electron chi connectivity index (χ4n) is 3.50. The number of nitrogens with two attached hydrogens (primary N) is 1. The molecule has 0 bridgehead atoms. The van der Waals surface area contributed by atoms with Gasteiger partial charge >= 0.3 is 0 Å². The van der Waals surface area contributed by atoms with Crippen LogP contribution in [0.25, 0.3) is 10.8 Å². The van der Waals surface area contributed by atoms with Crippen LogP contribution in [0.3, 0.4) is 0 Å². The van der Waals surface area contributed by atoms with Gasteiger partial charge in [0, 0.05) is 17.7 Å². The summed E-state index contributed by atoms with van der Waals surface area (Å²) in [7, 11) is 0. The van der Waals surface area contributed by atoms with Crippen molar-refractivity contribution in [1.82, 2.24) is 4.98 Å². The number of rotatable bonds is 7. The van der Waals surface area contributed by atoms with Gasteiger partial charge in [-0.25, -0.2) is 9.98 Å².